The molecule has 0 amide bonds. The number of thiophene rings is 1. The highest BCUT2D eigenvalue weighted by Crippen LogP contribution is 2.38. The van der Waals surface area contributed by atoms with E-state index in [-0.39, 0.29) is 5.79 Å². The maximum Gasteiger partial charge on any atom is 0.173 e. The first-order valence-corrected chi connectivity index (χ1v) is 6.24. The van der Waals surface area contributed by atoms with Gasteiger partial charge < -0.3 is 15.2 Å². The molecule has 3 rings (SSSR count). The van der Waals surface area contributed by atoms with Crippen molar-refractivity contribution in [2.45, 2.75) is 31.5 Å². The van der Waals surface area contributed by atoms with E-state index in [0.29, 0.717) is 0 Å². The number of ether oxygens (including phenoxy) is 2. The summed E-state index contributed by atoms with van der Waals surface area (Å²) >= 11 is 1.68. The van der Waals surface area contributed by atoms with Gasteiger partial charge in [0.15, 0.2) is 5.79 Å². The summed E-state index contributed by atoms with van der Waals surface area (Å²) in [6, 6.07) is 2.11. The van der Waals surface area contributed by atoms with Crippen LogP contribution in [0.4, 0.5) is 5.00 Å². The van der Waals surface area contributed by atoms with E-state index in [1.807, 2.05) is 0 Å². The molecular weight excluding hydrogens is 210 g/mol. The predicted octanol–water partition coefficient (Wildman–Crippen LogP) is 1.95. The SMILES string of the molecule is Nc1cc2c(s1)CC1(CCC2)OCCO1. The minimum Gasteiger partial charge on any atom is -0.391 e. The van der Waals surface area contributed by atoms with Gasteiger partial charge in [-0.2, -0.15) is 0 Å². The van der Waals surface area contributed by atoms with Crippen LogP contribution in [0.3, 0.4) is 0 Å². The molecule has 2 aliphatic rings. The third-order valence-electron chi connectivity index (χ3n) is 3.16. The van der Waals surface area contributed by atoms with Gasteiger partial charge in [-0.15, -0.1) is 11.3 Å². The van der Waals surface area contributed by atoms with Gasteiger partial charge in [0, 0.05) is 17.7 Å². The van der Waals surface area contributed by atoms with Crippen molar-refractivity contribution in [2.24, 2.45) is 0 Å². The van der Waals surface area contributed by atoms with Crippen molar-refractivity contribution in [1.82, 2.24) is 0 Å². The molecule has 1 spiro atoms. The fourth-order valence-electron chi connectivity index (χ4n) is 2.48. The maximum atomic E-state index is 5.83. The quantitative estimate of drug-likeness (QED) is 0.734. The van der Waals surface area contributed by atoms with E-state index in [2.05, 4.69) is 6.07 Å². The summed E-state index contributed by atoms with van der Waals surface area (Å²) in [7, 11) is 0. The van der Waals surface area contributed by atoms with E-state index in [4.69, 9.17) is 15.2 Å². The van der Waals surface area contributed by atoms with E-state index < -0.39 is 0 Å². The molecule has 0 bridgehead atoms. The summed E-state index contributed by atoms with van der Waals surface area (Å²) < 4.78 is 11.5. The second-order valence-electron chi connectivity index (χ2n) is 4.24. The second-order valence-corrected chi connectivity index (χ2v) is 5.40. The normalized spacial score (nSPS) is 24.0. The molecule has 4 heteroatoms. The molecule has 1 fully saturated rings. The van der Waals surface area contributed by atoms with Crippen molar-refractivity contribution in [1.29, 1.82) is 0 Å². The third kappa shape index (κ3) is 1.67. The Morgan fingerprint density at radius 1 is 1.33 bits per heavy atom. The minimum atomic E-state index is -0.331. The molecular formula is C11H15NO2S. The fraction of sp³-hybridized carbons (Fsp3) is 0.636. The van der Waals surface area contributed by atoms with Crippen molar-refractivity contribution in [2.75, 3.05) is 18.9 Å². The number of fused-ring (bicyclic) bond motifs is 1. The van der Waals surface area contributed by atoms with Crippen LogP contribution in [-0.2, 0) is 22.3 Å². The number of hydrogen-bond acceptors (Lipinski definition) is 4. The molecule has 0 unspecified atom stereocenters. The molecule has 1 aromatic heterocycles. The first-order valence-electron chi connectivity index (χ1n) is 5.42. The average molecular weight is 225 g/mol. The Kier molecular flexibility index (Phi) is 2.23. The first-order chi connectivity index (χ1) is 7.27. The Morgan fingerprint density at radius 2 is 2.13 bits per heavy atom. The number of hydrogen-bond donors (Lipinski definition) is 1. The molecule has 2 N–H and O–H groups in total. The number of nitrogens with two attached hydrogens (primary N) is 1. The molecule has 1 aliphatic carbocycles. The lowest BCUT2D eigenvalue weighted by atomic mass is 10.1. The number of nitrogen functional groups attached to an aromatic ring is 1. The van der Waals surface area contributed by atoms with Gasteiger partial charge in [0.2, 0.25) is 0 Å². The Balaban J connectivity index is 1.93. The smallest absolute Gasteiger partial charge is 0.173 e. The van der Waals surface area contributed by atoms with Gasteiger partial charge in [0.25, 0.3) is 0 Å². The van der Waals surface area contributed by atoms with Crippen molar-refractivity contribution >= 4 is 16.3 Å². The summed E-state index contributed by atoms with van der Waals surface area (Å²) in [5.41, 5.74) is 7.23. The van der Waals surface area contributed by atoms with E-state index in [0.717, 1.165) is 43.9 Å². The average Bonchev–Trinajstić information content (AvgIpc) is 2.72. The Bertz CT molecular complexity index is 369. The predicted molar refractivity (Wildman–Crippen MR) is 60.0 cm³/mol. The zero-order valence-electron chi connectivity index (χ0n) is 8.62. The molecule has 0 saturated carbocycles. The third-order valence-corrected chi connectivity index (χ3v) is 4.17. The van der Waals surface area contributed by atoms with E-state index >= 15 is 0 Å². The first kappa shape index (κ1) is 9.63. The topological polar surface area (TPSA) is 44.5 Å². The monoisotopic (exact) mass is 225 g/mol. The van der Waals surface area contributed by atoms with Crippen molar-refractivity contribution in [3.63, 3.8) is 0 Å². The van der Waals surface area contributed by atoms with E-state index in [9.17, 15) is 0 Å². The van der Waals surface area contributed by atoms with Gasteiger partial charge in [0.05, 0.1) is 18.2 Å². The summed E-state index contributed by atoms with van der Waals surface area (Å²) in [6.45, 7) is 1.46. The van der Waals surface area contributed by atoms with Gasteiger partial charge in [-0.3, -0.25) is 0 Å². The molecule has 15 heavy (non-hydrogen) atoms. The zero-order valence-corrected chi connectivity index (χ0v) is 9.44. The lowest BCUT2D eigenvalue weighted by molar-refractivity contribution is -0.159. The van der Waals surface area contributed by atoms with Crippen LogP contribution in [0, 0.1) is 0 Å². The number of anilines is 1. The van der Waals surface area contributed by atoms with Crippen LogP contribution in [0.1, 0.15) is 23.3 Å². The highest BCUT2D eigenvalue weighted by molar-refractivity contribution is 7.16. The van der Waals surface area contributed by atoms with Crippen LogP contribution in [0.5, 0.6) is 0 Å². The molecule has 1 aromatic rings. The van der Waals surface area contributed by atoms with Crippen LogP contribution < -0.4 is 5.73 Å². The molecule has 0 aromatic carbocycles. The molecule has 1 aliphatic heterocycles. The molecule has 1 saturated heterocycles. The molecule has 82 valence electrons. The molecule has 0 radical (unpaired) electrons. The molecule has 3 nitrogen and oxygen atoms in total. The standard InChI is InChI=1S/C11H15NO2S/c12-10-6-8-2-1-3-11(7-9(8)15-10)13-4-5-14-11/h6H,1-5,7,12H2. The van der Waals surface area contributed by atoms with Crippen LogP contribution in [0.25, 0.3) is 0 Å². The van der Waals surface area contributed by atoms with Gasteiger partial charge in [-0.05, 0) is 24.5 Å². The Labute approximate surface area is 93.2 Å². The maximum absolute atomic E-state index is 5.83. The minimum absolute atomic E-state index is 0.331. The van der Waals surface area contributed by atoms with E-state index in [1.165, 1.54) is 10.4 Å². The van der Waals surface area contributed by atoms with Crippen molar-refractivity contribution < 1.29 is 9.47 Å². The van der Waals surface area contributed by atoms with Crippen LogP contribution >= 0.6 is 11.3 Å². The van der Waals surface area contributed by atoms with Gasteiger partial charge >= 0.3 is 0 Å². The lowest BCUT2D eigenvalue weighted by Gasteiger charge is -2.25. The summed E-state index contributed by atoms with van der Waals surface area (Å²) in [5.74, 6) is -0.331. The fourth-order valence-corrected chi connectivity index (χ4v) is 3.55. The largest absolute Gasteiger partial charge is 0.391 e. The van der Waals surface area contributed by atoms with Crippen molar-refractivity contribution in [3.05, 3.63) is 16.5 Å². The van der Waals surface area contributed by atoms with Crippen LogP contribution in [0.2, 0.25) is 0 Å². The summed E-state index contributed by atoms with van der Waals surface area (Å²) in [4.78, 5) is 1.35. The highest BCUT2D eigenvalue weighted by atomic mass is 32.1. The summed E-state index contributed by atoms with van der Waals surface area (Å²) in [6.07, 6.45) is 4.12. The summed E-state index contributed by atoms with van der Waals surface area (Å²) in [5, 5.41) is 0.912. The highest BCUT2D eigenvalue weighted by Gasteiger charge is 2.38. The molecule has 2 heterocycles. The van der Waals surface area contributed by atoms with Gasteiger partial charge in [0.1, 0.15) is 0 Å². The van der Waals surface area contributed by atoms with E-state index in [1.54, 1.807) is 11.3 Å². The molecule has 0 atom stereocenters. The number of aryl methyl sites for hydroxylation is 1. The zero-order chi connectivity index (χ0) is 10.3. The van der Waals surface area contributed by atoms with Crippen LogP contribution in [-0.4, -0.2) is 19.0 Å². The van der Waals surface area contributed by atoms with Crippen LogP contribution in [0.15, 0.2) is 6.07 Å². The number of rotatable bonds is 0. The van der Waals surface area contributed by atoms with Gasteiger partial charge in [-0.1, -0.05) is 0 Å². The van der Waals surface area contributed by atoms with Crippen molar-refractivity contribution in [3.8, 4) is 0 Å². The Morgan fingerprint density at radius 3 is 2.93 bits per heavy atom. The Hall–Kier alpha value is -0.580. The lowest BCUT2D eigenvalue weighted by Crippen LogP contribution is -2.31. The second kappa shape index (κ2) is 3.47. The van der Waals surface area contributed by atoms with Gasteiger partial charge in [-0.25, -0.2) is 0 Å².